The second-order valence-electron chi connectivity index (χ2n) is 7.78. The maximum Gasteiger partial charge on any atom is 0.193 e. The molecule has 0 saturated carbocycles. The second kappa shape index (κ2) is 12.6. The molecule has 2 saturated heterocycles. The Hall–Kier alpha value is -0.820. The Kier molecular flexibility index (Phi) is 10.5. The molecule has 4 nitrogen and oxygen atoms in total. The summed E-state index contributed by atoms with van der Waals surface area (Å²) in [6.07, 6.45) is 7.72. The number of hydrogen-bond acceptors (Lipinski definition) is 2. The fraction of sp³-hybridized carbons (Fsp3) is 0.682. The molecule has 0 spiro atoms. The van der Waals surface area contributed by atoms with Crippen LogP contribution in [0.5, 0.6) is 0 Å². The van der Waals surface area contributed by atoms with Crippen molar-refractivity contribution in [1.82, 2.24) is 15.1 Å². The first kappa shape index (κ1) is 22.5. The van der Waals surface area contributed by atoms with Gasteiger partial charge in [-0.15, -0.1) is 24.0 Å². The van der Waals surface area contributed by atoms with E-state index in [0.29, 0.717) is 0 Å². The Balaban J connectivity index is 0.00000261. The maximum absolute atomic E-state index is 4.91. The van der Waals surface area contributed by atoms with Crippen LogP contribution >= 0.6 is 24.0 Å². The molecule has 0 amide bonds. The third-order valence-corrected chi connectivity index (χ3v) is 5.63. The molecule has 5 heteroatoms. The van der Waals surface area contributed by atoms with Gasteiger partial charge in [0.2, 0.25) is 0 Å². The van der Waals surface area contributed by atoms with E-state index in [1.165, 1.54) is 63.7 Å². The number of benzene rings is 1. The fourth-order valence-electron chi connectivity index (χ4n) is 4.20. The molecule has 152 valence electrons. The molecule has 1 aromatic carbocycles. The molecule has 3 rings (SSSR count). The number of likely N-dealkylation sites (tertiary alicyclic amines) is 2. The van der Waals surface area contributed by atoms with Crippen molar-refractivity contribution in [3.63, 3.8) is 0 Å². The van der Waals surface area contributed by atoms with Crippen molar-refractivity contribution in [2.24, 2.45) is 10.9 Å². The number of hydrogen-bond donors (Lipinski definition) is 1. The first-order valence-electron chi connectivity index (χ1n) is 10.6. The van der Waals surface area contributed by atoms with Crippen LogP contribution in [0, 0.1) is 5.92 Å². The van der Waals surface area contributed by atoms with E-state index in [4.69, 9.17) is 4.99 Å². The molecule has 27 heavy (non-hydrogen) atoms. The molecule has 1 N–H and O–H groups in total. The Morgan fingerprint density at radius 2 is 1.89 bits per heavy atom. The molecule has 2 aliphatic rings. The highest BCUT2D eigenvalue weighted by Crippen LogP contribution is 2.21. The molecule has 0 bridgehead atoms. The molecule has 0 aliphatic carbocycles. The molecule has 2 aliphatic heterocycles. The van der Waals surface area contributed by atoms with Gasteiger partial charge in [-0.3, -0.25) is 4.99 Å². The van der Waals surface area contributed by atoms with E-state index in [1.54, 1.807) is 0 Å². The zero-order valence-corrected chi connectivity index (χ0v) is 19.2. The van der Waals surface area contributed by atoms with Gasteiger partial charge in [0.1, 0.15) is 0 Å². The van der Waals surface area contributed by atoms with Crippen LogP contribution in [0.15, 0.2) is 35.3 Å². The van der Waals surface area contributed by atoms with E-state index >= 15 is 0 Å². The molecule has 1 atom stereocenters. The molecule has 2 heterocycles. The third kappa shape index (κ3) is 7.60. The van der Waals surface area contributed by atoms with E-state index in [0.717, 1.165) is 38.1 Å². The van der Waals surface area contributed by atoms with E-state index in [9.17, 15) is 0 Å². The highest BCUT2D eigenvalue weighted by atomic mass is 127. The zero-order valence-electron chi connectivity index (χ0n) is 16.9. The number of aliphatic imine (C=N–C) groups is 1. The van der Waals surface area contributed by atoms with Gasteiger partial charge in [0, 0.05) is 26.2 Å². The predicted molar refractivity (Wildman–Crippen MR) is 126 cm³/mol. The van der Waals surface area contributed by atoms with Crippen molar-refractivity contribution in [1.29, 1.82) is 0 Å². The zero-order chi connectivity index (χ0) is 18.0. The van der Waals surface area contributed by atoms with Gasteiger partial charge in [-0.25, -0.2) is 0 Å². The lowest BCUT2D eigenvalue weighted by molar-refractivity contribution is 0.331. The summed E-state index contributed by atoms with van der Waals surface area (Å²) in [6.45, 7) is 10.2. The van der Waals surface area contributed by atoms with Gasteiger partial charge in [0.15, 0.2) is 5.96 Å². The molecule has 1 aromatic rings. The highest BCUT2D eigenvalue weighted by Gasteiger charge is 2.24. The average Bonchev–Trinajstić information content (AvgIpc) is 3.33. The van der Waals surface area contributed by atoms with Crippen molar-refractivity contribution in [2.75, 3.05) is 45.8 Å². The first-order valence-corrected chi connectivity index (χ1v) is 10.6. The molecular weight excluding hydrogens is 447 g/mol. The third-order valence-electron chi connectivity index (χ3n) is 5.63. The Morgan fingerprint density at radius 1 is 1.11 bits per heavy atom. The monoisotopic (exact) mass is 484 g/mol. The van der Waals surface area contributed by atoms with Gasteiger partial charge in [-0.1, -0.05) is 30.3 Å². The Bertz CT molecular complexity index is 543. The smallest absolute Gasteiger partial charge is 0.193 e. The van der Waals surface area contributed by atoms with Crippen molar-refractivity contribution in [3.05, 3.63) is 35.9 Å². The predicted octanol–water partition coefficient (Wildman–Crippen LogP) is 4.01. The Labute approximate surface area is 182 Å². The van der Waals surface area contributed by atoms with Gasteiger partial charge in [-0.2, -0.15) is 0 Å². The summed E-state index contributed by atoms with van der Waals surface area (Å²) in [6, 6.07) is 10.9. The van der Waals surface area contributed by atoms with E-state index in [2.05, 4.69) is 52.4 Å². The van der Waals surface area contributed by atoms with E-state index in [-0.39, 0.29) is 24.0 Å². The summed E-state index contributed by atoms with van der Waals surface area (Å²) >= 11 is 0. The van der Waals surface area contributed by atoms with Crippen LogP contribution in [0.25, 0.3) is 0 Å². The van der Waals surface area contributed by atoms with Crippen LogP contribution in [0.3, 0.4) is 0 Å². The van der Waals surface area contributed by atoms with Crippen LogP contribution < -0.4 is 5.32 Å². The topological polar surface area (TPSA) is 30.9 Å². The molecule has 1 unspecified atom stereocenters. The van der Waals surface area contributed by atoms with Gasteiger partial charge < -0.3 is 15.1 Å². The second-order valence-corrected chi connectivity index (χ2v) is 7.78. The van der Waals surface area contributed by atoms with Gasteiger partial charge >= 0.3 is 0 Å². The van der Waals surface area contributed by atoms with Crippen molar-refractivity contribution in [2.45, 2.75) is 45.4 Å². The van der Waals surface area contributed by atoms with Crippen molar-refractivity contribution in [3.8, 4) is 0 Å². The van der Waals surface area contributed by atoms with Gasteiger partial charge in [0.25, 0.3) is 0 Å². The minimum Gasteiger partial charge on any atom is -0.357 e. The largest absolute Gasteiger partial charge is 0.357 e. The maximum atomic E-state index is 4.91. The first-order chi connectivity index (χ1) is 12.8. The quantitative estimate of drug-likeness (QED) is 0.262. The Morgan fingerprint density at radius 3 is 2.63 bits per heavy atom. The molecule has 2 fully saturated rings. The van der Waals surface area contributed by atoms with Crippen LogP contribution in [0.2, 0.25) is 0 Å². The van der Waals surface area contributed by atoms with Crippen LogP contribution in [-0.2, 0) is 6.42 Å². The average molecular weight is 484 g/mol. The number of halogens is 1. The molecule has 0 aromatic heterocycles. The van der Waals surface area contributed by atoms with E-state index in [1.807, 2.05) is 0 Å². The van der Waals surface area contributed by atoms with Gasteiger partial charge in [0.05, 0.1) is 0 Å². The van der Waals surface area contributed by atoms with Gasteiger partial charge in [-0.05, 0) is 76.6 Å². The van der Waals surface area contributed by atoms with Crippen LogP contribution in [0.1, 0.15) is 44.6 Å². The van der Waals surface area contributed by atoms with Crippen molar-refractivity contribution < 1.29 is 0 Å². The summed E-state index contributed by atoms with van der Waals surface area (Å²) in [5.74, 6) is 1.88. The molecular formula is C22H37IN4. The summed E-state index contributed by atoms with van der Waals surface area (Å²) in [7, 11) is 0. The standard InChI is InChI=1S/C22H36N4.HI/c1-2-23-22(24-13-6-7-14-25-15-8-9-16-25)26-17-12-21(19-26)18-20-10-4-3-5-11-20;/h3-5,10-11,21H,2,6-9,12-19H2,1H3,(H,23,24);1H. The van der Waals surface area contributed by atoms with Crippen LogP contribution in [-0.4, -0.2) is 61.6 Å². The lowest BCUT2D eigenvalue weighted by Gasteiger charge is -2.22. The van der Waals surface area contributed by atoms with Crippen LogP contribution in [0.4, 0.5) is 0 Å². The number of guanidine groups is 1. The fourth-order valence-corrected chi connectivity index (χ4v) is 4.20. The lowest BCUT2D eigenvalue weighted by Crippen LogP contribution is -2.40. The number of nitrogens with zero attached hydrogens (tertiary/aromatic N) is 3. The number of nitrogens with one attached hydrogen (secondary N) is 1. The molecule has 0 radical (unpaired) electrons. The normalized spacial score (nSPS) is 20.7. The van der Waals surface area contributed by atoms with Crippen molar-refractivity contribution >= 4 is 29.9 Å². The summed E-state index contributed by atoms with van der Waals surface area (Å²) in [5.41, 5.74) is 1.46. The minimum atomic E-state index is 0. The summed E-state index contributed by atoms with van der Waals surface area (Å²) < 4.78 is 0. The number of rotatable bonds is 8. The number of unbranched alkanes of at least 4 members (excludes halogenated alkanes) is 1. The minimum absolute atomic E-state index is 0. The summed E-state index contributed by atoms with van der Waals surface area (Å²) in [5, 5.41) is 3.51. The van der Waals surface area contributed by atoms with E-state index < -0.39 is 0 Å². The summed E-state index contributed by atoms with van der Waals surface area (Å²) in [4.78, 5) is 9.98. The lowest BCUT2D eigenvalue weighted by atomic mass is 9.99. The highest BCUT2D eigenvalue weighted by molar-refractivity contribution is 14.0. The SMILES string of the molecule is CCNC(=NCCCCN1CCCC1)N1CCC(Cc2ccccc2)C1.I.